The predicted molar refractivity (Wildman–Crippen MR) is 112 cm³/mol. The molecule has 0 fully saturated rings. The zero-order valence-electron chi connectivity index (χ0n) is 16.4. The number of nitrogens with zero attached hydrogens (tertiary/aromatic N) is 2. The van der Waals surface area contributed by atoms with Gasteiger partial charge in [-0.25, -0.2) is 8.42 Å². The average Bonchev–Trinajstić information content (AvgIpc) is 3.08. The van der Waals surface area contributed by atoms with E-state index in [1.54, 1.807) is 43.3 Å². The molecule has 1 heterocycles. The summed E-state index contributed by atoms with van der Waals surface area (Å²) in [6, 6.07) is 11.3. The number of aryl methyl sites for hydroxylation is 2. The molecule has 0 unspecified atom stereocenters. The second-order valence-electron chi connectivity index (χ2n) is 6.43. The molecule has 0 bridgehead atoms. The van der Waals surface area contributed by atoms with E-state index in [4.69, 9.17) is 9.26 Å². The van der Waals surface area contributed by atoms with Crippen molar-refractivity contribution in [2.45, 2.75) is 18.7 Å². The number of methoxy groups -OCH3 is 1. The van der Waals surface area contributed by atoms with Crippen LogP contribution in [0.5, 0.6) is 5.75 Å². The molecule has 9 nitrogen and oxygen atoms in total. The molecule has 0 amide bonds. The smallest absolute Gasteiger partial charge is 0.338 e. The van der Waals surface area contributed by atoms with Gasteiger partial charge in [0.2, 0.25) is 5.76 Å². The number of hydrogen-bond donors (Lipinski definition) is 1. The Morgan fingerprint density at radius 2 is 1.83 bits per heavy atom. The zero-order chi connectivity index (χ0) is 21.9. The molecule has 10 heteroatoms. The van der Waals surface area contributed by atoms with Crippen molar-refractivity contribution in [2.75, 3.05) is 11.8 Å². The lowest BCUT2D eigenvalue weighted by molar-refractivity contribution is -0.386. The third-order valence-electron chi connectivity index (χ3n) is 4.31. The van der Waals surface area contributed by atoms with Gasteiger partial charge >= 0.3 is 5.69 Å². The zero-order valence-corrected chi connectivity index (χ0v) is 17.3. The van der Waals surface area contributed by atoms with E-state index in [1.807, 2.05) is 0 Å². The second-order valence-corrected chi connectivity index (χ2v) is 8.08. The van der Waals surface area contributed by atoms with Crippen LogP contribution >= 0.6 is 0 Å². The average molecular weight is 429 g/mol. The van der Waals surface area contributed by atoms with Gasteiger partial charge in [0.05, 0.1) is 16.9 Å². The standard InChI is InChI=1S/C20H19N3O6S/c1-13-4-5-15(6-11-18-20(23(24)25)14(2)21-29-18)12-19(13)30(26,27)22-16-7-9-17(28-3)10-8-16/h4-12,22H,1-3H3. The van der Waals surface area contributed by atoms with Crippen molar-refractivity contribution in [3.05, 3.63) is 75.2 Å². The minimum Gasteiger partial charge on any atom is -0.497 e. The summed E-state index contributed by atoms with van der Waals surface area (Å²) in [7, 11) is -2.33. The van der Waals surface area contributed by atoms with Crippen LogP contribution in [0.1, 0.15) is 22.6 Å². The summed E-state index contributed by atoms with van der Waals surface area (Å²) in [5.41, 5.74) is 1.40. The van der Waals surface area contributed by atoms with Gasteiger partial charge in [-0.1, -0.05) is 23.4 Å². The Morgan fingerprint density at radius 1 is 1.13 bits per heavy atom. The van der Waals surface area contributed by atoms with E-state index < -0.39 is 14.9 Å². The molecule has 1 aromatic heterocycles. The summed E-state index contributed by atoms with van der Waals surface area (Å²) in [5.74, 6) is 0.594. The van der Waals surface area contributed by atoms with Crippen LogP contribution in [0.2, 0.25) is 0 Å². The van der Waals surface area contributed by atoms with E-state index >= 15 is 0 Å². The maximum absolute atomic E-state index is 12.9. The first-order chi connectivity index (χ1) is 14.2. The SMILES string of the molecule is COc1ccc(NS(=O)(=O)c2cc(C=Cc3onc(C)c3[N+](=O)[O-])ccc2C)cc1. The van der Waals surface area contributed by atoms with Crippen LogP contribution in [-0.4, -0.2) is 25.6 Å². The molecule has 0 aliphatic rings. The Hall–Kier alpha value is -3.66. The van der Waals surface area contributed by atoms with Gasteiger partial charge in [-0.15, -0.1) is 0 Å². The molecule has 3 aromatic rings. The molecule has 156 valence electrons. The maximum Gasteiger partial charge on any atom is 0.338 e. The van der Waals surface area contributed by atoms with Gasteiger partial charge in [0.15, 0.2) is 5.69 Å². The highest BCUT2D eigenvalue weighted by Crippen LogP contribution is 2.26. The van der Waals surface area contributed by atoms with Crippen LogP contribution in [0.3, 0.4) is 0 Å². The molecule has 0 saturated heterocycles. The number of ether oxygens (including phenoxy) is 1. The minimum absolute atomic E-state index is 0.0150. The molecular formula is C20H19N3O6S. The van der Waals surface area contributed by atoms with E-state index in [-0.39, 0.29) is 22.0 Å². The molecule has 3 rings (SSSR count). The maximum atomic E-state index is 12.9. The number of aromatic nitrogens is 1. The number of nitrogens with one attached hydrogen (secondary N) is 1. The second kappa shape index (κ2) is 8.37. The summed E-state index contributed by atoms with van der Waals surface area (Å²) in [4.78, 5) is 10.6. The monoisotopic (exact) mass is 429 g/mol. The summed E-state index contributed by atoms with van der Waals surface area (Å²) in [6.45, 7) is 3.15. The van der Waals surface area contributed by atoms with E-state index in [0.717, 1.165) is 0 Å². The van der Waals surface area contributed by atoms with Crippen molar-refractivity contribution in [1.82, 2.24) is 5.16 Å². The lowest BCUT2D eigenvalue weighted by Crippen LogP contribution is -2.14. The van der Waals surface area contributed by atoms with Crippen LogP contribution in [0, 0.1) is 24.0 Å². The highest BCUT2D eigenvalue weighted by Gasteiger charge is 2.22. The molecule has 30 heavy (non-hydrogen) atoms. The lowest BCUT2D eigenvalue weighted by atomic mass is 10.1. The predicted octanol–water partition coefficient (Wildman–Crippen LogP) is 4.18. The Morgan fingerprint density at radius 3 is 2.47 bits per heavy atom. The highest BCUT2D eigenvalue weighted by atomic mass is 32.2. The summed E-state index contributed by atoms with van der Waals surface area (Å²) in [5, 5.41) is 14.7. The van der Waals surface area contributed by atoms with Gasteiger partial charge in [-0.2, -0.15) is 0 Å². The van der Waals surface area contributed by atoms with Gasteiger partial charge in [-0.3, -0.25) is 14.8 Å². The summed E-state index contributed by atoms with van der Waals surface area (Å²) >= 11 is 0. The Kier molecular flexibility index (Phi) is 5.88. The molecule has 1 N–H and O–H groups in total. The van der Waals surface area contributed by atoms with Gasteiger partial charge in [0, 0.05) is 5.69 Å². The van der Waals surface area contributed by atoms with E-state index in [1.165, 1.54) is 32.3 Å². The quantitative estimate of drug-likeness (QED) is 0.441. The van der Waals surface area contributed by atoms with Crippen LogP contribution < -0.4 is 9.46 Å². The van der Waals surface area contributed by atoms with Gasteiger partial charge in [0.1, 0.15) is 5.75 Å². The van der Waals surface area contributed by atoms with Crippen molar-refractivity contribution >= 4 is 33.6 Å². The first kappa shape index (κ1) is 21.1. The third kappa shape index (κ3) is 4.49. The molecule has 0 spiro atoms. The van der Waals surface area contributed by atoms with E-state index in [0.29, 0.717) is 22.6 Å². The number of anilines is 1. The molecule has 0 aliphatic heterocycles. The lowest BCUT2D eigenvalue weighted by Gasteiger charge is -2.11. The van der Waals surface area contributed by atoms with E-state index in [9.17, 15) is 18.5 Å². The Balaban J connectivity index is 1.90. The van der Waals surface area contributed by atoms with Crippen LogP contribution in [0.25, 0.3) is 12.2 Å². The molecule has 0 atom stereocenters. The van der Waals surface area contributed by atoms with Crippen molar-refractivity contribution in [3.63, 3.8) is 0 Å². The molecule has 0 saturated carbocycles. The fraction of sp³-hybridized carbons (Fsp3) is 0.150. The van der Waals surface area contributed by atoms with E-state index in [2.05, 4.69) is 9.88 Å². The van der Waals surface area contributed by atoms with Crippen molar-refractivity contribution < 1.29 is 22.6 Å². The third-order valence-corrected chi connectivity index (χ3v) is 5.83. The molecule has 0 radical (unpaired) electrons. The fourth-order valence-corrected chi connectivity index (χ4v) is 4.10. The van der Waals surface area contributed by atoms with Crippen LogP contribution in [0.15, 0.2) is 51.9 Å². The topological polar surface area (TPSA) is 125 Å². The van der Waals surface area contributed by atoms with Crippen LogP contribution in [0.4, 0.5) is 11.4 Å². The number of benzene rings is 2. The van der Waals surface area contributed by atoms with Crippen molar-refractivity contribution in [3.8, 4) is 5.75 Å². The molecule has 2 aromatic carbocycles. The normalized spacial score (nSPS) is 11.6. The fourth-order valence-electron chi connectivity index (χ4n) is 2.76. The van der Waals surface area contributed by atoms with Gasteiger partial charge in [-0.05, 0) is 61.4 Å². The Bertz CT molecular complexity index is 1210. The number of sulfonamides is 1. The first-order valence-corrected chi connectivity index (χ1v) is 10.3. The molecular weight excluding hydrogens is 410 g/mol. The van der Waals surface area contributed by atoms with Gasteiger partial charge in [0.25, 0.3) is 10.0 Å². The summed E-state index contributed by atoms with van der Waals surface area (Å²) in [6.07, 6.45) is 2.91. The van der Waals surface area contributed by atoms with Gasteiger partial charge < -0.3 is 9.26 Å². The highest BCUT2D eigenvalue weighted by molar-refractivity contribution is 7.92. The number of hydrogen-bond acceptors (Lipinski definition) is 7. The minimum atomic E-state index is -3.86. The summed E-state index contributed by atoms with van der Waals surface area (Å²) < 4.78 is 38.3. The first-order valence-electron chi connectivity index (χ1n) is 8.77. The van der Waals surface area contributed by atoms with Crippen LogP contribution in [-0.2, 0) is 10.0 Å². The van der Waals surface area contributed by atoms with Crippen molar-refractivity contribution in [2.24, 2.45) is 0 Å². The Labute approximate surface area is 173 Å². The largest absolute Gasteiger partial charge is 0.497 e. The molecule has 0 aliphatic carbocycles. The number of rotatable bonds is 7. The number of nitro groups is 1. The van der Waals surface area contributed by atoms with Crippen molar-refractivity contribution in [1.29, 1.82) is 0 Å².